The summed E-state index contributed by atoms with van der Waals surface area (Å²) in [5.74, 6) is -1.36. The molecular weight excluding hydrogens is 304 g/mol. The maximum atomic E-state index is 12.5. The van der Waals surface area contributed by atoms with E-state index in [0.29, 0.717) is 11.4 Å². The van der Waals surface area contributed by atoms with Gasteiger partial charge in [0.05, 0.1) is 18.9 Å². The number of carboxylic acids is 1. The average molecular weight is 320 g/mol. The number of anilines is 1. The highest BCUT2D eigenvalue weighted by Crippen LogP contribution is 2.31. The molecule has 23 heavy (non-hydrogen) atoms. The van der Waals surface area contributed by atoms with E-state index in [9.17, 15) is 19.5 Å². The number of carbonyl (C=O) groups excluding carboxylic acids is 2. The first-order valence-electron chi connectivity index (χ1n) is 7.20. The lowest BCUT2D eigenvalue weighted by atomic mass is 10.2. The molecule has 1 fully saturated rings. The van der Waals surface area contributed by atoms with Gasteiger partial charge in [-0.25, -0.2) is 4.79 Å². The minimum atomic E-state index is -1.12. The molecule has 3 rings (SSSR count). The van der Waals surface area contributed by atoms with Crippen molar-refractivity contribution in [2.24, 2.45) is 0 Å². The number of nitrogens with zero attached hydrogens (tertiary/aromatic N) is 2. The predicted octanol–water partition coefficient (Wildman–Crippen LogP) is -0.276. The molecule has 0 aliphatic carbocycles. The Balaban J connectivity index is 1.79. The summed E-state index contributed by atoms with van der Waals surface area (Å²) in [4.78, 5) is 38.4. The van der Waals surface area contributed by atoms with Gasteiger partial charge < -0.3 is 19.5 Å². The number of hydrogen-bond acceptors (Lipinski definition) is 5. The van der Waals surface area contributed by atoms with E-state index in [2.05, 4.69) is 0 Å². The predicted molar refractivity (Wildman–Crippen MR) is 78.2 cm³/mol. The molecule has 1 saturated heterocycles. The summed E-state index contributed by atoms with van der Waals surface area (Å²) in [5, 5.41) is 9.20. The summed E-state index contributed by atoms with van der Waals surface area (Å²) in [6.45, 7) is 0.0621. The SMILES string of the molecule is O=C(O)C1COCCN1C(=O)CN1C(=O)COc2ccccc21. The average Bonchev–Trinajstić information content (AvgIpc) is 2.57. The van der Waals surface area contributed by atoms with Crippen LogP contribution in [0.4, 0.5) is 5.69 Å². The minimum Gasteiger partial charge on any atom is -0.482 e. The third kappa shape index (κ3) is 2.98. The van der Waals surface area contributed by atoms with Crippen molar-refractivity contribution in [3.8, 4) is 5.75 Å². The summed E-state index contributed by atoms with van der Waals surface area (Å²) < 4.78 is 10.4. The third-order valence-corrected chi connectivity index (χ3v) is 3.84. The highest BCUT2D eigenvalue weighted by atomic mass is 16.5. The van der Waals surface area contributed by atoms with E-state index in [1.807, 2.05) is 0 Å². The van der Waals surface area contributed by atoms with Crippen LogP contribution in [0.15, 0.2) is 24.3 Å². The third-order valence-electron chi connectivity index (χ3n) is 3.84. The van der Waals surface area contributed by atoms with Crippen LogP contribution in [0.3, 0.4) is 0 Å². The highest BCUT2D eigenvalue weighted by molar-refractivity contribution is 6.02. The molecule has 1 N–H and O–H groups in total. The molecule has 1 atom stereocenters. The van der Waals surface area contributed by atoms with Crippen LogP contribution in [0.2, 0.25) is 0 Å². The minimum absolute atomic E-state index is 0.0469. The number of ether oxygens (including phenoxy) is 2. The monoisotopic (exact) mass is 320 g/mol. The Bertz CT molecular complexity index is 647. The molecule has 0 spiro atoms. The lowest BCUT2D eigenvalue weighted by molar-refractivity contribution is -0.157. The molecule has 2 heterocycles. The number of rotatable bonds is 3. The fraction of sp³-hybridized carbons (Fsp3) is 0.400. The lowest BCUT2D eigenvalue weighted by Crippen LogP contribution is -2.56. The van der Waals surface area contributed by atoms with Crippen LogP contribution in [0.25, 0.3) is 0 Å². The number of morpholine rings is 1. The number of benzene rings is 1. The topological polar surface area (TPSA) is 96.4 Å². The van der Waals surface area contributed by atoms with Gasteiger partial charge in [0, 0.05) is 6.54 Å². The van der Waals surface area contributed by atoms with E-state index in [1.54, 1.807) is 24.3 Å². The van der Waals surface area contributed by atoms with Crippen molar-refractivity contribution in [3.05, 3.63) is 24.3 Å². The van der Waals surface area contributed by atoms with Gasteiger partial charge in [0.1, 0.15) is 12.3 Å². The Hall–Kier alpha value is -2.61. The number of carbonyl (C=O) groups is 3. The number of fused-ring (bicyclic) bond motifs is 1. The van der Waals surface area contributed by atoms with Crippen molar-refractivity contribution in [1.29, 1.82) is 0 Å². The van der Waals surface area contributed by atoms with Gasteiger partial charge in [-0.3, -0.25) is 14.5 Å². The van der Waals surface area contributed by atoms with Gasteiger partial charge in [-0.2, -0.15) is 0 Å². The summed E-state index contributed by atoms with van der Waals surface area (Å²) >= 11 is 0. The molecule has 8 nitrogen and oxygen atoms in total. The van der Waals surface area contributed by atoms with E-state index in [4.69, 9.17) is 9.47 Å². The second-order valence-electron chi connectivity index (χ2n) is 5.25. The van der Waals surface area contributed by atoms with E-state index in [-0.39, 0.29) is 38.8 Å². The second kappa shape index (κ2) is 6.25. The van der Waals surface area contributed by atoms with Crippen LogP contribution in [-0.2, 0) is 19.1 Å². The van der Waals surface area contributed by atoms with E-state index < -0.39 is 17.9 Å². The van der Waals surface area contributed by atoms with Crippen LogP contribution in [0.1, 0.15) is 0 Å². The Labute approximate surface area is 132 Å². The number of para-hydroxylation sites is 2. The molecule has 0 aromatic heterocycles. The smallest absolute Gasteiger partial charge is 0.328 e. The molecule has 2 amide bonds. The Kier molecular flexibility index (Phi) is 4.16. The fourth-order valence-corrected chi connectivity index (χ4v) is 2.66. The highest BCUT2D eigenvalue weighted by Gasteiger charge is 2.35. The second-order valence-corrected chi connectivity index (χ2v) is 5.25. The molecule has 2 aliphatic heterocycles. The zero-order chi connectivity index (χ0) is 16.4. The van der Waals surface area contributed by atoms with Crippen LogP contribution in [0.5, 0.6) is 5.75 Å². The standard InChI is InChI=1S/C15H16N2O6/c18-13(16-5-6-22-8-11(16)15(20)21)7-17-10-3-1-2-4-12(10)23-9-14(17)19/h1-4,11H,5-9H2,(H,20,21). The summed E-state index contributed by atoms with van der Waals surface area (Å²) in [6.07, 6.45) is 0. The molecule has 0 bridgehead atoms. The van der Waals surface area contributed by atoms with Gasteiger partial charge in [0.25, 0.3) is 5.91 Å². The number of amides is 2. The summed E-state index contributed by atoms with van der Waals surface area (Å²) in [7, 11) is 0. The van der Waals surface area contributed by atoms with Crippen LogP contribution in [-0.4, -0.2) is 66.7 Å². The molecule has 1 aromatic rings. The zero-order valence-corrected chi connectivity index (χ0v) is 12.3. The zero-order valence-electron chi connectivity index (χ0n) is 12.3. The molecule has 0 radical (unpaired) electrons. The molecule has 1 aromatic carbocycles. The van der Waals surface area contributed by atoms with Crippen molar-refractivity contribution in [2.75, 3.05) is 37.8 Å². The first-order chi connectivity index (χ1) is 11.1. The quantitative estimate of drug-likeness (QED) is 0.823. The van der Waals surface area contributed by atoms with Gasteiger partial charge >= 0.3 is 5.97 Å². The molecular formula is C15H16N2O6. The van der Waals surface area contributed by atoms with Crippen molar-refractivity contribution < 1.29 is 29.0 Å². The van der Waals surface area contributed by atoms with Gasteiger partial charge in [-0.1, -0.05) is 12.1 Å². The molecule has 122 valence electrons. The van der Waals surface area contributed by atoms with Gasteiger partial charge in [-0.15, -0.1) is 0 Å². The Morgan fingerprint density at radius 2 is 2.09 bits per heavy atom. The molecule has 2 aliphatic rings. The fourth-order valence-electron chi connectivity index (χ4n) is 2.66. The maximum absolute atomic E-state index is 12.5. The summed E-state index contributed by atoms with van der Waals surface area (Å²) in [5.41, 5.74) is 0.511. The normalized spacial score (nSPS) is 20.7. The lowest BCUT2D eigenvalue weighted by Gasteiger charge is -2.35. The van der Waals surface area contributed by atoms with Crippen LogP contribution < -0.4 is 9.64 Å². The Morgan fingerprint density at radius 1 is 1.30 bits per heavy atom. The Morgan fingerprint density at radius 3 is 2.87 bits per heavy atom. The van der Waals surface area contributed by atoms with E-state index >= 15 is 0 Å². The van der Waals surface area contributed by atoms with E-state index in [0.717, 1.165) is 0 Å². The molecule has 8 heteroatoms. The van der Waals surface area contributed by atoms with Crippen LogP contribution in [0, 0.1) is 0 Å². The number of carboxylic acid groups (broad SMARTS) is 1. The first kappa shape index (κ1) is 15.3. The van der Waals surface area contributed by atoms with E-state index in [1.165, 1.54) is 9.80 Å². The van der Waals surface area contributed by atoms with Crippen LogP contribution >= 0.6 is 0 Å². The molecule has 1 unspecified atom stereocenters. The number of aliphatic carboxylic acids is 1. The first-order valence-corrected chi connectivity index (χ1v) is 7.20. The largest absolute Gasteiger partial charge is 0.482 e. The van der Waals surface area contributed by atoms with Crippen molar-refractivity contribution in [1.82, 2.24) is 4.90 Å². The van der Waals surface area contributed by atoms with Gasteiger partial charge in [0.2, 0.25) is 5.91 Å². The summed E-state index contributed by atoms with van der Waals surface area (Å²) in [6, 6.07) is 5.90. The van der Waals surface area contributed by atoms with Gasteiger partial charge in [-0.05, 0) is 12.1 Å². The number of hydrogen-bond donors (Lipinski definition) is 1. The van der Waals surface area contributed by atoms with Gasteiger partial charge in [0.15, 0.2) is 12.6 Å². The molecule has 0 saturated carbocycles. The van der Waals surface area contributed by atoms with Crippen molar-refractivity contribution in [3.63, 3.8) is 0 Å². The van der Waals surface area contributed by atoms with Crippen molar-refractivity contribution in [2.45, 2.75) is 6.04 Å². The van der Waals surface area contributed by atoms with Crippen molar-refractivity contribution >= 4 is 23.5 Å². The maximum Gasteiger partial charge on any atom is 0.328 e.